The molecule has 1 saturated carbocycles. The lowest BCUT2D eigenvalue weighted by atomic mass is 9.94. The molecule has 31 heavy (non-hydrogen) atoms. The van der Waals surface area contributed by atoms with Crippen LogP contribution in [0.3, 0.4) is 0 Å². The van der Waals surface area contributed by atoms with Crippen molar-refractivity contribution in [3.05, 3.63) is 70.4 Å². The van der Waals surface area contributed by atoms with Crippen LogP contribution in [0.15, 0.2) is 41.2 Å². The number of ketones is 1. The number of halogens is 3. The van der Waals surface area contributed by atoms with Crippen molar-refractivity contribution < 1.29 is 32.0 Å². The Morgan fingerprint density at radius 3 is 2.68 bits per heavy atom. The second-order valence-electron chi connectivity index (χ2n) is 7.17. The predicted octanol–water partition coefficient (Wildman–Crippen LogP) is 4.22. The molecule has 1 fully saturated rings. The SMILES string of the molecule is CCOC(=O)c1noc(C2CC2)c1C(=O)c1ccc(C(F)(F)F)cc1Cn1cccn1. The summed E-state index contributed by atoms with van der Waals surface area (Å²) in [7, 11) is 0. The highest BCUT2D eigenvalue weighted by Gasteiger charge is 2.38. The Balaban J connectivity index is 1.81. The molecule has 2 aromatic heterocycles. The normalized spacial score (nSPS) is 13.9. The van der Waals surface area contributed by atoms with E-state index in [0.29, 0.717) is 0 Å². The third-order valence-electron chi connectivity index (χ3n) is 4.93. The fourth-order valence-corrected chi connectivity index (χ4v) is 3.31. The molecule has 0 radical (unpaired) electrons. The van der Waals surface area contributed by atoms with Crippen molar-refractivity contribution in [3.8, 4) is 0 Å². The van der Waals surface area contributed by atoms with Gasteiger partial charge in [0, 0.05) is 23.9 Å². The Labute approximate surface area is 174 Å². The molecule has 0 saturated heterocycles. The third kappa shape index (κ3) is 4.23. The molecule has 2 heterocycles. The van der Waals surface area contributed by atoms with Crippen LogP contribution in [0.5, 0.6) is 0 Å². The summed E-state index contributed by atoms with van der Waals surface area (Å²) >= 11 is 0. The summed E-state index contributed by atoms with van der Waals surface area (Å²) in [6, 6.07) is 4.50. The first-order valence-electron chi connectivity index (χ1n) is 9.68. The maximum absolute atomic E-state index is 13.5. The average Bonchev–Trinajstić information content (AvgIpc) is 3.25. The zero-order valence-corrected chi connectivity index (χ0v) is 16.5. The van der Waals surface area contributed by atoms with Gasteiger partial charge in [-0.05, 0) is 43.5 Å². The van der Waals surface area contributed by atoms with Crippen LogP contribution in [0.25, 0.3) is 0 Å². The Kier molecular flexibility index (Phi) is 5.38. The molecule has 0 bridgehead atoms. The maximum Gasteiger partial charge on any atom is 0.416 e. The van der Waals surface area contributed by atoms with Crippen molar-refractivity contribution in [3.63, 3.8) is 0 Å². The highest BCUT2D eigenvalue weighted by molar-refractivity contribution is 6.15. The molecule has 0 spiro atoms. The highest BCUT2D eigenvalue weighted by atomic mass is 19.4. The molecule has 3 aromatic rings. The molecule has 0 N–H and O–H groups in total. The lowest BCUT2D eigenvalue weighted by molar-refractivity contribution is -0.137. The predicted molar refractivity (Wildman–Crippen MR) is 101 cm³/mol. The molecule has 0 aliphatic heterocycles. The van der Waals surface area contributed by atoms with E-state index in [1.807, 2.05) is 0 Å². The zero-order chi connectivity index (χ0) is 22.2. The lowest BCUT2D eigenvalue weighted by Gasteiger charge is -2.14. The van der Waals surface area contributed by atoms with Crippen LogP contribution in [0.4, 0.5) is 13.2 Å². The first-order valence-corrected chi connectivity index (χ1v) is 9.68. The molecule has 0 amide bonds. The Morgan fingerprint density at radius 2 is 2.06 bits per heavy atom. The van der Waals surface area contributed by atoms with Gasteiger partial charge < -0.3 is 9.26 Å². The van der Waals surface area contributed by atoms with E-state index in [4.69, 9.17) is 9.26 Å². The number of esters is 1. The van der Waals surface area contributed by atoms with Crippen LogP contribution < -0.4 is 0 Å². The van der Waals surface area contributed by atoms with Crippen LogP contribution in [0.1, 0.15) is 69.0 Å². The van der Waals surface area contributed by atoms with Gasteiger partial charge in [-0.15, -0.1) is 0 Å². The summed E-state index contributed by atoms with van der Waals surface area (Å²) in [5.41, 5.74) is -1.08. The Morgan fingerprint density at radius 1 is 1.29 bits per heavy atom. The first kappa shape index (κ1) is 20.8. The van der Waals surface area contributed by atoms with Crippen LogP contribution in [0.2, 0.25) is 0 Å². The van der Waals surface area contributed by atoms with E-state index in [0.717, 1.165) is 31.0 Å². The van der Waals surface area contributed by atoms with Crippen LogP contribution in [0, 0.1) is 0 Å². The number of alkyl halides is 3. The number of aromatic nitrogens is 3. The van der Waals surface area contributed by atoms with Crippen molar-refractivity contribution in [2.24, 2.45) is 0 Å². The fraction of sp³-hybridized carbons (Fsp3) is 0.333. The van der Waals surface area contributed by atoms with E-state index in [2.05, 4.69) is 10.3 Å². The van der Waals surface area contributed by atoms with E-state index in [9.17, 15) is 22.8 Å². The van der Waals surface area contributed by atoms with Gasteiger partial charge in [0.25, 0.3) is 0 Å². The number of hydrogen-bond donors (Lipinski definition) is 0. The smallest absolute Gasteiger partial charge is 0.416 e. The monoisotopic (exact) mass is 433 g/mol. The molecule has 4 rings (SSSR count). The Bertz CT molecular complexity index is 1120. The summed E-state index contributed by atoms with van der Waals surface area (Å²) in [4.78, 5) is 25.8. The minimum absolute atomic E-state index is 0.0131. The van der Waals surface area contributed by atoms with Gasteiger partial charge in [-0.1, -0.05) is 11.2 Å². The number of hydrogen-bond acceptors (Lipinski definition) is 6. The number of rotatable bonds is 7. The fourth-order valence-electron chi connectivity index (χ4n) is 3.31. The quantitative estimate of drug-likeness (QED) is 0.410. The summed E-state index contributed by atoms with van der Waals surface area (Å²) < 4.78 is 51.5. The Hall–Kier alpha value is -3.43. The molecule has 10 heteroatoms. The molecule has 162 valence electrons. The van der Waals surface area contributed by atoms with Gasteiger partial charge in [-0.3, -0.25) is 9.48 Å². The van der Waals surface area contributed by atoms with Gasteiger partial charge in [0.05, 0.1) is 18.7 Å². The largest absolute Gasteiger partial charge is 0.461 e. The highest BCUT2D eigenvalue weighted by Crippen LogP contribution is 2.43. The molecule has 0 atom stereocenters. The van der Waals surface area contributed by atoms with Gasteiger partial charge in [-0.2, -0.15) is 18.3 Å². The van der Waals surface area contributed by atoms with Gasteiger partial charge in [0.1, 0.15) is 5.56 Å². The summed E-state index contributed by atoms with van der Waals surface area (Å²) in [6.45, 7) is 1.62. The molecular weight excluding hydrogens is 415 g/mol. The minimum Gasteiger partial charge on any atom is -0.461 e. The molecule has 1 aliphatic carbocycles. The van der Waals surface area contributed by atoms with Crippen LogP contribution in [-0.4, -0.2) is 33.3 Å². The standard InChI is InChI=1S/C21H18F3N3O4/c1-2-30-20(29)17-16(19(31-26-17)12-4-5-12)18(28)15-7-6-14(21(22,23)24)10-13(15)11-27-9-3-8-25-27/h3,6-10,12H,2,4-5,11H2,1H3. The lowest BCUT2D eigenvalue weighted by Crippen LogP contribution is -2.16. The van der Waals surface area contributed by atoms with Crippen molar-refractivity contribution in [1.82, 2.24) is 14.9 Å². The van der Waals surface area contributed by atoms with Gasteiger partial charge in [-0.25, -0.2) is 4.79 Å². The zero-order valence-electron chi connectivity index (χ0n) is 16.5. The van der Waals surface area contributed by atoms with Crippen LogP contribution >= 0.6 is 0 Å². The van der Waals surface area contributed by atoms with E-state index in [1.54, 1.807) is 19.2 Å². The number of carbonyl (C=O) groups is 2. The summed E-state index contributed by atoms with van der Waals surface area (Å²) in [5.74, 6) is -1.25. The maximum atomic E-state index is 13.5. The summed E-state index contributed by atoms with van der Waals surface area (Å²) in [6.07, 6.45) is 0.0233. The summed E-state index contributed by atoms with van der Waals surface area (Å²) in [5, 5.41) is 7.75. The van der Waals surface area contributed by atoms with Crippen molar-refractivity contribution in [2.75, 3.05) is 6.61 Å². The number of carbonyl (C=O) groups excluding carboxylic acids is 2. The number of benzene rings is 1. The van der Waals surface area contributed by atoms with Crippen molar-refractivity contribution in [2.45, 2.75) is 38.4 Å². The van der Waals surface area contributed by atoms with Gasteiger partial charge in [0.15, 0.2) is 11.5 Å². The van der Waals surface area contributed by atoms with Crippen molar-refractivity contribution in [1.29, 1.82) is 0 Å². The molecule has 1 aromatic carbocycles. The molecule has 1 aliphatic rings. The van der Waals surface area contributed by atoms with E-state index in [-0.39, 0.29) is 47.2 Å². The van der Waals surface area contributed by atoms with E-state index < -0.39 is 23.5 Å². The van der Waals surface area contributed by atoms with E-state index in [1.165, 1.54) is 10.9 Å². The number of ether oxygens (including phenoxy) is 1. The van der Waals surface area contributed by atoms with Crippen molar-refractivity contribution >= 4 is 11.8 Å². The topological polar surface area (TPSA) is 87.2 Å². The third-order valence-corrected chi connectivity index (χ3v) is 4.93. The number of nitrogens with zero attached hydrogens (tertiary/aromatic N) is 3. The molecule has 7 nitrogen and oxygen atoms in total. The second kappa shape index (κ2) is 8.01. The molecule has 0 unspecified atom stereocenters. The van der Waals surface area contributed by atoms with E-state index >= 15 is 0 Å². The minimum atomic E-state index is -4.58. The second-order valence-corrected chi connectivity index (χ2v) is 7.17. The van der Waals surface area contributed by atoms with Gasteiger partial charge >= 0.3 is 12.1 Å². The van der Waals surface area contributed by atoms with Gasteiger partial charge in [0.2, 0.25) is 5.69 Å². The van der Waals surface area contributed by atoms with Crippen LogP contribution in [-0.2, 0) is 17.5 Å². The first-order chi connectivity index (χ1) is 14.8. The average molecular weight is 433 g/mol. The molecular formula is C21H18F3N3O4.